The summed E-state index contributed by atoms with van der Waals surface area (Å²) in [5.41, 5.74) is 4.63. The number of rotatable bonds is 3. The molecule has 3 heteroatoms. The predicted octanol–water partition coefficient (Wildman–Crippen LogP) is 5.33. The van der Waals surface area contributed by atoms with Crippen molar-refractivity contribution in [2.75, 3.05) is 13.1 Å². The number of carbonyl (C=O) groups is 1. The maximum Gasteiger partial charge on any atom is 0.217 e. The second-order valence-electron chi connectivity index (χ2n) is 9.78. The van der Waals surface area contributed by atoms with Crippen molar-refractivity contribution in [3.63, 3.8) is 0 Å². The average molecular weight is 403 g/mol. The van der Waals surface area contributed by atoms with Crippen molar-refractivity contribution in [3.05, 3.63) is 71.3 Å². The minimum Gasteiger partial charge on any atom is -0.349 e. The summed E-state index contributed by atoms with van der Waals surface area (Å²) in [5, 5.41) is 3.21. The summed E-state index contributed by atoms with van der Waals surface area (Å²) in [6.45, 7) is 4.03. The molecule has 2 aromatic rings. The van der Waals surface area contributed by atoms with Gasteiger partial charge in [-0.05, 0) is 80.6 Å². The van der Waals surface area contributed by atoms with Crippen LogP contribution in [-0.4, -0.2) is 29.9 Å². The molecule has 3 aliphatic rings. The molecule has 1 spiro atoms. The molecule has 0 radical (unpaired) electrons. The molecule has 1 amide bonds. The second-order valence-corrected chi connectivity index (χ2v) is 9.78. The van der Waals surface area contributed by atoms with E-state index in [2.05, 4.69) is 64.8 Å². The summed E-state index contributed by atoms with van der Waals surface area (Å²) < 4.78 is 0. The van der Waals surface area contributed by atoms with Crippen molar-refractivity contribution in [3.8, 4) is 0 Å². The molecule has 1 aliphatic heterocycles. The number of hydrogen-bond donors (Lipinski definition) is 1. The van der Waals surface area contributed by atoms with E-state index in [0.717, 1.165) is 18.4 Å². The van der Waals surface area contributed by atoms with E-state index in [1.807, 2.05) is 0 Å². The molecule has 0 aromatic heterocycles. The first-order chi connectivity index (χ1) is 14.6. The van der Waals surface area contributed by atoms with Crippen LogP contribution in [0.2, 0.25) is 0 Å². The van der Waals surface area contributed by atoms with E-state index in [9.17, 15) is 4.79 Å². The summed E-state index contributed by atoms with van der Waals surface area (Å²) in [7, 11) is 0. The molecule has 0 unspecified atom stereocenters. The summed E-state index contributed by atoms with van der Waals surface area (Å²) in [4.78, 5) is 14.5. The topological polar surface area (TPSA) is 32.3 Å². The zero-order chi connectivity index (χ0) is 20.6. The predicted molar refractivity (Wildman–Crippen MR) is 122 cm³/mol. The zero-order valence-corrected chi connectivity index (χ0v) is 18.1. The average Bonchev–Trinajstić information content (AvgIpc) is 3.08. The fourth-order valence-electron chi connectivity index (χ4n) is 6.56. The van der Waals surface area contributed by atoms with E-state index in [1.54, 1.807) is 6.92 Å². The number of amides is 1. The molecular formula is C27H34N2O. The van der Waals surface area contributed by atoms with Crippen molar-refractivity contribution >= 4 is 5.91 Å². The van der Waals surface area contributed by atoms with Gasteiger partial charge in [0.05, 0.1) is 6.04 Å². The number of carbonyl (C=O) groups excluding carboxylic acids is 1. The normalized spacial score (nSPS) is 28.2. The maximum absolute atomic E-state index is 11.7. The molecule has 1 saturated carbocycles. The van der Waals surface area contributed by atoms with E-state index in [1.165, 1.54) is 68.3 Å². The van der Waals surface area contributed by atoms with E-state index < -0.39 is 0 Å². The van der Waals surface area contributed by atoms with E-state index >= 15 is 0 Å². The lowest BCUT2D eigenvalue weighted by atomic mass is 9.72. The standard InChI is InChI=1S/C27H34N2O/c1-20(30)28-26-19-27(25-10-6-5-9-24(25)26)15-17-29(18-16-27)23-13-11-22(12-14-23)21-7-3-2-4-8-21/h2-10,22-23,26H,11-19H2,1H3,(H,28,30)/t22?,23?,26-/m0/s1. The lowest BCUT2D eigenvalue weighted by molar-refractivity contribution is -0.119. The Morgan fingerprint density at radius 3 is 2.30 bits per heavy atom. The Morgan fingerprint density at radius 1 is 0.933 bits per heavy atom. The highest BCUT2D eigenvalue weighted by Gasteiger charge is 2.46. The first-order valence-electron chi connectivity index (χ1n) is 11.8. The van der Waals surface area contributed by atoms with Gasteiger partial charge in [-0.3, -0.25) is 4.79 Å². The monoisotopic (exact) mass is 402 g/mol. The first kappa shape index (κ1) is 19.8. The van der Waals surface area contributed by atoms with Gasteiger partial charge in [0, 0.05) is 18.4 Å². The van der Waals surface area contributed by atoms with Crippen LogP contribution in [0.3, 0.4) is 0 Å². The number of likely N-dealkylation sites (tertiary alicyclic amines) is 1. The van der Waals surface area contributed by atoms with Gasteiger partial charge < -0.3 is 10.2 Å². The third-order valence-electron chi connectivity index (χ3n) is 8.12. The summed E-state index contributed by atoms with van der Waals surface area (Å²) in [6, 6.07) is 20.9. The van der Waals surface area contributed by atoms with Crippen LogP contribution in [0.4, 0.5) is 0 Å². The summed E-state index contributed by atoms with van der Waals surface area (Å²) >= 11 is 0. The highest BCUT2D eigenvalue weighted by atomic mass is 16.1. The molecule has 2 fully saturated rings. The molecule has 5 rings (SSSR count). The van der Waals surface area contributed by atoms with Gasteiger partial charge in [0.2, 0.25) is 5.91 Å². The fraction of sp³-hybridized carbons (Fsp3) is 0.519. The molecule has 0 bridgehead atoms. The molecule has 2 aliphatic carbocycles. The van der Waals surface area contributed by atoms with Crippen LogP contribution >= 0.6 is 0 Å². The highest BCUT2D eigenvalue weighted by Crippen LogP contribution is 2.51. The Labute approximate surface area is 180 Å². The zero-order valence-electron chi connectivity index (χ0n) is 18.1. The molecule has 30 heavy (non-hydrogen) atoms. The van der Waals surface area contributed by atoms with Gasteiger partial charge in [0.15, 0.2) is 0 Å². The van der Waals surface area contributed by atoms with E-state index in [-0.39, 0.29) is 17.4 Å². The van der Waals surface area contributed by atoms with Gasteiger partial charge in [-0.2, -0.15) is 0 Å². The molecule has 1 atom stereocenters. The molecule has 158 valence electrons. The third kappa shape index (κ3) is 3.69. The van der Waals surface area contributed by atoms with Crippen molar-refractivity contribution in [1.82, 2.24) is 10.2 Å². The largest absolute Gasteiger partial charge is 0.349 e. The van der Waals surface area contributed by atoms with Gasteiger partial charge in [-0.25, -0.2) is 0 Å². The molecule has 1 heterocycles. The van der Waals surface area contributed by atoms with Crippen molar-refractivity contribution < 1.29 is 4.79 Å². The number of fused-ring (bicyclic) bond motifs is 2. The minimum atomic E-state index is 0.0828. The quantitative estimate of drug-likeness (QED) is 0.753. The Bertz CT molecular complexity index is 877. The van der Waals surface area contributed by atoms with Gasteiger partial charge >= 0.3 is 0 Å². The van der Waals surface area contributed by atoms with Crippen LogP contribution in [0.25, 0.3) is 0 Å². The van der Waals surface area contributed by atoms with E-state index in [4.69, 9.17) is 0 Å². The van der Waals surface area contributed by atoms with Gasteiger partial charge in [-0.15, -0.1) is 0 Å². The number of nitrogens with one attached hydrogen (secondary N) is 1. The Morgan fingerprint density at radius 2 is 1.60 bits per heavy atom. The SMILES string of the molecule is CC(=O)N[C@H]1CC2(CCN(C3CCC(c4ccccc4)CC3)CC2)c2ccccc21. The van der Waals surface area contributed by atoms with Crippen LogP contribution in [0.5, 0.6) is 0 Å². The summed E-state index contributed by atoms with van der Waals surface area (Å²) in [6.07, 6.45) is 8.82. The number of hydrogen-bond acceptors (Lipinski definition) is 2. The van der Waals surface area contributed by atoms with Crippen molar-refractivity contribution in [2.45, 2.75) is 75.3 Å². The van der Waals surface area contributed by atoms with Crippen LogP contribution < -0.4 is 5.32 Å². The molecule has 2 aromatic carbocycles. The van der Waals surface area contributed by atoms with Crippen molar-refractivity contribution in [1.29, 1.82) is 0 Å². The molecule has 1 N–H and O–H groups in total. The fourth-order valence-corrected chi connectivity index (χ4v) is 6.56. The van der Waals surface area contributed by atoms with Crippen LogP contribution in [0.15, 0.2) is 54.6 Å². The lowest BCUT2D eigenvalue weighted by Gasteiger charge is -2.45. The van der Waals surface area contributed by atoms with Crippen LogP contribution in [-0.2, 0) is 10.2 Å². The van der Waals surface area contributed by atoms with Crippen molar-refractivity contribution in [2.24, 2.45) is 0 Å². The van der Waals surface area contributed by atoms with Crippen LogP contribution in [0, 0.1) is 0 Å². The first-order valence-corrected chi connectivity index (χ1v) is 11.8. The minimum absolute atomic E-state index is 0.0828. The summed E-state index contributed by atoms with van der Waals surface area (Å²) in [5.74, 6) is 0.832. The second kappa shape index (κ2) is 8.19. The smallest absolute Gasteiger partial charge is 0.217 e. The number of piperidine rings is 1. The maximum atomic E-state index is 11.7. The molecule has 3 nitrogen and oxygen atoms in total. The number of nitrogens with zero attached hydrogens (tertiary/aromatic N) is 1. The van der Waals surface area contributed by atoms with Gasteiger partial charge in [0.25, 0.3) is 0 Å². The lowest BCUT2D eigenvalue weighted by Crippen LogP contribution is -2.47. The van der Waals surface area contributed by atoms with Gasteiger partial charge in [0.1, 0.15) is 0 Å². The highest BCUT2D eigenvalue weighted by molar-refractivity contribution is 5.73. The third-order valence-corrected chi connectivity index (χ3v) is 8.12. The number of benzene rings is 2. The molecule has 1 saturated heterocycles. The molecular weight excluding hydrogens is 368 g/mol. The Kier molecular flexibility index (Phi) is 5.41. The Hall–Kier alpha value is -2.13. The Balaban J connectivity index is 1.22. The van der Waals surface area contributed by atoms with E-state index in [0.29, 0.717) is 0 Å². The van der Waals surface area contributed by atoms with Crippen LogP contribution in [0.1, 0.15) is 80.5 Å². The van der Waals surface area contributed by atoms with Gasteiger partial charge in [-0.1, -0.05) is 54.6 Å².